The average Bonchev–Trinajstić information content (AvgIpc) is 2.90. The van der Waals surface area contributed by atoms with Crippen molar-refractivity contribution in [2.45, 2.75) is 5.03 Å². The predicted octanol–water partition coefficient (Wildman–Crippen LogP) is 4.46. The molecule has 0 amide bonds. The molecule has 2 aromatic heterocycles. The van der Waals surface area contributed by atoms with E-state index in [-0.39, 0.29) is 11.5 Å². The van der Waals surface area contributed by atoms with Gasteiger partial charge in [-0.3, -0.25) is 4.79 Å². The molecule has 0 aliphatic carbocycles. The summed E-state index contributed by atoms with van der Waals surface area (Å²) in [5.74, 6) is 0.537. The number of furan rings is 1. The molecule has 0 spiro atoms. The number of halogens is 1. The second kappa shape index (κ2) is 5.69. The molecule has 3 nitrogen and oxygen atoms in total. The molecule has 1 aromatic carbocycles. The Morgan fingerprint density at radius 2 is 2.10 bits per heavy atom. The Bertz CT molecular complexity index is 736. The van der Waals surface area contributed by atoms with Gasteiger partial charge in [0.25, 0.3) is 0 Å². The first-order valence-electron chi connectivity index (χ1n) is 5.99. The summed E-state index contributed by atoms with van der Waals surface area (Å²) in [7, 11) is 0. The Labute approximate surface area is 125 Å². The number of benzene rings is 1. The Balaban J connectivity index is 1.75. The molecule has 0 unspecified atom stereocenters. The number of aromatic nitrogens is 1. The molecule has 0 bridgehead atoms. The van der Waals surface area contributed by atoms with Crippen molar-refractivity contribution in [2.75, 3.05) is 5.75 Å². The minimum absolute atomic E-state index is 0.0760. The second-order valence-corrected chi connectivity index (χ2v) is 5.52. The monoisotopic (exact) mass is 303 g/mol. The zero-order chi connectivity index (χ0) is 13.9. The maximum Gasteiger partial charge on any atom is 0.208 e. The SMILES string of the molecule is O=C(CSc1ncccc1Cl)c1cc2ccccc2o1. The first-order valence-corrected chi connectivity index (χ1v) is 7.35. The van der Waals surface area contributed by atoms with Crippen molar-refractivity contribution in [1.82, 2.24) is 4.98 Å². The van der Waals surface area contributed by atoms with Crippen molar-refractivity contribution in [3.05, 3.63) is 59.4 Å². The minimum atomic E-state index is -0.0760. The summed E-state index contributed by atoms with van der Waals surface area (Å²) in [6.45, 7) is 0. The van der Waals surface area contributed by atoms with Crippen molar-refractivity contribution in [2.24, 2.45) is 0 Å². The number of para-hydroxylation sites is 1. The highest BCUT2D eigenvalue weighted by atomic mass is 35.5. The molecule has 0 aliphatic rings. The van der Waals surface area contributed by atoms with Crippen LogP contribution >= 0.6 is 23.4 Å². The third-order valence-electron chi connectivity index (χ3n) is 2.77. The van der Waals surface area contributed by atoms with Crippen LogP contribution in [0.4, 0.5) is 0 Å². The van der Waals surface area contributed by atoms with Gasteiger partial charge in [-0.1, -0.05) is 41.6 Å². The van der Waals surface area contributed by atoms with Gasteiger partial charge in [-0.05, 0) is 24.3 Å². The van der Waals surface area contributed by atoms with Crippen LogP contribution in [0.5, 0.6) is 0 Å². The zero-order valence-corrected chi connectivity index (χ0v) is 11.9. The van der Waals surface area contributed by atoms with Gasteiger partial charge in [0.05, 0.1) is 10.8 Å². The minimum Gasteiger partial charge on any atom is -0.453 e. The zero-order valence-electron chi connectivity index (χ0n) is 10.4. The fraction of sp³-hybridized carbons (Fsp3) is 0.0667. The van der Waals surface area contributed by atoms with Crippen molar-refractivity contribution < 1.29 is 9.21 Å². The van der Waals surface area contributed by atoms with Gasteiger partial charge < -0.3 is 4.42 Å². The molecule has 0 fully saturated rings. The second-order valence-electron chi connectivity index (χ2n) is 4.15. The molecule has 2 heterocycles. The summed E-state index contributed by atoms with van der Waals surface area (Å²) in [5, 5.41) is 2.13. The van der Waals surface area contributed by atoms with E-state index in [0.717, 1.165) is 11.0 Å². The lowest BCUT2D eigenvalue weighted by Crippen LogP contribution is -2.00. The van der Waals surface area contributed by atoms with E-state index in [9.17, 15) is 4.79 Å². The van der Waals surface area contributed by atoms with Crippen molar-refractivity contribution >= 4 is 40.1 Å². The fourth-order valence-electron chi connectivity index (χ4n) is 1.80. The van der Waals surface area contributed by atoms with Gasteiger partial charge in [0.2, 0.25) is 5.78 Å². The highest BCUT2D eigenvalue weighted by Crippen LogP contribution is 2.26. The average molecular weight is 304 g/mol. The highest BCUT2D eigenvalue weighted by molar-refractivity contribution is 8.00. The molecule has 0 atom stereocenters. The maximum atomic E-state index is 12.1. The normalized spacial score (nSPS) is 10.8. The lowest BCUT2D eigenvalue weighted by Gasteiger charge is -2.00. The molecule has 0 radical (unpaired) electrons. The van der Waals surface area contributed by atoms with Crippen LogP contribution in [-0.2, 0) is 0 Å². The number of carbonyl (C=O) groups excluding carboxylic acids is 1. The number of carbonyl (C=O) groups is 1. The van der Waals surface area contributed by atoms with Crippen molar-refractivity contribution in [1.29, 1.82) is 0 Å². The van der Waals surface area contributed by atoms with E-state index in [1.54, 1.807) is 24.4 Å². The quantitative estimate of drug-likeness (QED) is 0.527. The molecule has 0 saturated heterocycles. The van der Waals surface area contributed by atoms with Crippen LogP contribution in [0.15, 0.2) is 58.1 Å². The van der Waals surface area contributed by atoms with E-state index in [4.69, 9.17) is 16.0 Å². The summed E-state index contributed by atoms with van der Waals surface area (Å²) >= 11 is 7.31. The van der Waals surface area contributed by atoms with Crippen molar-refractivity contribution in [3.63, 3.8) is 0 Å². The van der Waals surface area contributed by atoms with E-state index in [0.29, 0.717) is 15.8 Å². The topological polar surface area (TPSA) is 43.1 Å². The van der Waals surface area contributed by atoms with Gasteiger partial charge in [0.1, 0.15) is 10.6 Å². The van der Waals surface area contributed by atoms with Gasteiger partial charge in [0, 0.05) is 11.6 Å². The Kier molecular flexibility index (Phi) is 3.76. The fourth-order valence-corrected chi connectivity index (χ4v) is 2.84. The van der Waals surface area contributed by atoms with Gasteiger partial charge >= 0.3 is 0 Å². The molecule has 20 heavy (non-hydrogen) atoms. The lowest BCUT2D eigenvalue weighted by atomic mass is 10.2. The Morgan fingerprint density at radius 3 is 2.90 bits per heavy atom. The standard InChI is InChI=1S/C15H10ClNO2S/c16-11-5-3-7-17-15(11)20-9-12(18)14-8-10-4-1-2-6-13(10)19-14/h1-8H,9H2. The smallest absolute Gasteiger partial charge is 0.208 e. The number of fused-ring (bicyclic) bond motifs is 1. The predicted molar refractivity (Wildman–Crippen MR) is 80.5 cm³/mol. The summed E-state index contributed by atoms with van der Waals surface area (Å²) in [4.78, 5) is 16.2. The molecule has 3 rings (SSSR count). The number of hydrogen-bond acceptors (Lipinski definition) is 4. The number of pyridine rings is 1. The third kappa shape index (κ3) is 2.71. The number of hydrogen-bond donors (Lipinski definition) is 0. The maximum absolute atomic E-state index is 12.1. The third-order valence-corrected chi connectivity index (χ3v) is 4.19. The van der Waals surface area contributed by atoms with E-state index in [2.05, 4.69) is 4.98 Å². The summed E-state index contributed by atoms with van der Waals surface area (Å²) < 4.78 is 5.53. The first kappa shape index (κ1) is 13.2. The number of nitrogens with zero attached hydrogens (tertiary/aromatic N) is 1. The molecule has 0 saturated carbocycles. The summed E-state index contributed by atoms with van der Waals surface area (Å²) in [5.41, 5.74) is 0.719. The summed E-state index contributed by atoms with van der Waals surface area (Å²) in [6.07, 6.45) is 1.65. The lowest BCUT2D eigenvalue weighted by molar-refractivity contribution is 0.0994. The van der Waals surface area contributed by atoms with Crippen LogP contribution in [-0.4, -0.2) is 16.5 Å². The highest BCUT2D eigenvalue weighted by Gasteiger charge is 2.13. The van der Waals surface area contributed by atoms with Crippen LogP contribution in [0.1, 0.15) is 10.6 Å². The van der Waals surface area contributed by atoms with Crippen LogP contribution in [0.3, 0.4) is 0 Å². The number of ketones is 1. The molecule has 5 heteroatoms. The first-order chi connectivity index (χ1) is 9.74. The van der Waals surface area contributed by atoms with Crippen LogP contribution in [0.2, 0.25) is 5.02 Å². The molecule has 100 valence electrons. The Hall–Kier alpha value is -1.78. The van der Waals surface area contributed by atoms with Gasteiger partial charge in [-0.15, -0.1) is 0 Å². The van der Waals surface area contributed by atoms with E-state index < -0.39 is 0 Å². The number of Topliss-reactive ketones (excluding diaryl/α,β-unsaturated/α-hetero) is 1. The van der Waals surface area contributed by atoms with E-state index in [1.165, 1.54) is 11.8 Å². The van der Waals surface area contributed by atoms with Crippen molar-refractivity contribution in [3.8, 4) is 0 Å². The molecule has 0 N–H and O–H groups in total. The van der Waals surface area contributed by atoms with Crippen LogP contribution < -0.4 is 0 Å². The van der Waals surface area contributed by atoms with E-state index >= 15 is 0 Å². The van der Waals surface area contributed by atoms with Crippen LogP contribution in [0.25, 0.3) is 11.0 Å². The Morgan fingerprint density at radius 1 is 1.25 bits per heavy atom. The van der Waals surface area contributed by atoms with E-state index in [1.807, 2.05) is 24.3 Å². The molecular weight excluding hydrogens is 294 g/mol. The van der Waals surface area contributed by atoms with Gasteiger partial charge in [-0.2, -0.15) is 0 Å². The molecule has 0 aliphatic heterocycles. The number of rotatable bonds is 4. The van der Waals surface area contributed by atoms with Gasteiger partial charge in [-0.25, -0.2) is 4.98 Å². The number of thioether (sulfide) groups is 1. The molecular formula is C15H10ClNO2S. The van der Waals surface area contributed by atoms with Gasteiger partial charge in [0.15, 0.2) is 5.76 Å². The largest absolute Gasteiger partial charge is 0.453 e. The van der Waals surface area contributed by atoms with Crippen LogP contribution in [0, 0.1) is 0 Å². The summed E-state index contributed by atoms with van der Waals surface area (Å²) in [6, 6.07) is 12.8. The molecule has 3 aromatic rings.